The molecule has 0 aliphatic heterocycles. The van der Waals surface area contributed by atoms with Crippen LogP contribution in [0.15, 0.2) is 84.9 Å². The van der Waals surface area contributed by atoms with Crippen molar-refractivity contribution < 1.29 is 14.0 Å². The number of nitrogens with one attached hydrogen (secondary N) is 1. The monoisotopic (exact) mass is 504 g/mol. The van der Waals surface area contributed by atoms with Crippen LogP contribution in [0.5, 0.6) is 0 Å². The summed E-state index contributed by atoms with van der Waals surface area (Å²) in [5, 5.41) is 3.18. The molecular weight excluding hydrogens is 471 g/mol. The highest BCUT2D eigenvalue weighted by Crippen LogP contribution is 2.22. The summed E-state index contributed by atoms with van der Waals surface area (Å²) in [5.41, 5.74) is 2.51. The third-order valence-corrected chi connectivity index (χ3v) is 7.60. The van der Waals surface area contributed by atoms with E-state index in [0.29, 0.717) is 17.7 Å². The molecule has 1 N–H and O–H groups in total. The van der Waals surface area contributed by atoms with Crippen molar-refractivity contribution >= 4 is 23.6 Å². The molecule has 0 aromatic heterocycles. The fourth-order valence-corrected chi connectivity index (χ4v) is 5.52. The fraction of sp³-hybridized carbons (Fsp3) is 0.333. The molecule has 1 fully saturated rings. The van der Waals surface area contributed by atoms with Gasteiger partial charge in [0.25, 0.3) is 0 Å². The number of rotatable bonds is 11. The zero-order valence-corrected chi connectivity index (χ0v) is 21.3. The molecule has 0 spiro atoms. The normalized spacial score (nSPS) is 14.4. The lowest BCUT2D eigenvalue weighted by Gasteiger charge is -2.32. The number of amides is 2. The van der Waals surface area contributed by atoms with E-state index in [1.54, 1.807) is 23.1 Å². The molecule has 0 saturated heterocycles. The Kier molecular flexibility index (Phi) is 9.56. The first-order valence-corrected chi connectivity index (χ1v) is 13.7. The third-order valence-electron chi connectivity index (χ3n) is 6.61. The molecule has 1 aliphatic carbocycles. The number of carbonyl (C=O) groups is 2. The Labute approximate surface area is 217 Å². The average molecular weight is 505 g/mol. The van der Waals surface area contributed by atoms with E-state index >= 15 is 0 Å². The summed E-state index contributed by atoms with van der Waals surface area (Å²) in [6.45, 7) is 0.0486. The molecule has 3 aromatic rings. The first-order valence-electron chi connectivity index (χ1n) is 12.6. The van der Waals surface area contributed by atoms with Crippen LogP contribution in [0, 0.1) is 5.82 Å². The number of thioether (sulfide) groups is 1. The Balaban J connectivity index is 1.57. The molecule has 0 heterocycles. The minimum atomic E-state index is -0.725. The van der Waals surface area contributed by atoms with Crippen molar-refractivity contribution in [2.75, 3.05) is 5.75 Å². The molecule has 1 aliphatic rings. The van der Waals surface area contributed by atoms with E-state index in [1.165, 1.54) is 17.8 Å². The van der Waals surface area contributed by atoms with Crippen LogP contribution in [0.2, 0.25) is 0 Å². The van der Waals surface area contributed by atoms with Gasteiger partial charge < -0.3 is 10.2 Å². The molecule has 0 unspecified atom stereocenters. The maximum atomic E-state index is 14.7. The van der Waals surface area contributed by atoms with Gasteiger partial charge in [0.1, 0.15) is 11.9 Å². The number of nitrogens with zero attached hydrogens (tertiary/aromatic N) is 1. The summed E-state index contributed by atoms with van der Waals surface area (Å²) in [4.78, 5) is 28.8. The van der Waals surface area contributed by atoms with Gasteiger partial charge in [-0.2, -0.15) is 0 Å². The summed E-state index contributed by atoms with van der Waals surface area (Å²) in [6.07, 6.45) is 4.49. The van der Waals surface area contributed by atoms with Crippen LogP contribution in [0.1, 0.15) is 42.4 Å². The fourth-order valence-electron chi connectivity index (χ4n) is 4.64. The van der Waals surface area contributed by atoms with Crippen molar-refractivity contribution in [3.8, 4) is 0 Å². The van der Waals surface area contributed by atoms with Crippen LogP contribution >= 0.6 is 11.8 Å². The number of benzene rings is 3. The highest BCUT2D eigenvalue weighted by Gasteiger charge is 2.32. The molecule has 2 amide bonds. The molecule has 3 aromatic carbocycles. The molecule has 36 heavy (non-hydrogen) atoms. The Morgan fingerprint density at radius 2 is 1.50 bits per heavy atom. The van der Waals surface area contributed by atoms with Gasteiger partial charge in [-0.1, -0.05) is 91.7 Å². The first-order chi connectivity index (χ1) is 17.6. The maximum Gasteiger partial charge on any atom is 0.243 e. The highest BCUT2D eigenvalue weighted by molar-refractivity contribution is 7.99. The van der Waals surface area contributed by atoms with Gasteiger partial charge in [-0.15, -0.1) is 11.8 Å². The molecule has 4 rings (SSSR count). The van der Waals surface area contributed by atoms with Gasteiger partial charge in [0.05, 0.1) is 5.75 Å². The molecule has 188 valence electrons. The Bertz CT molecular complexity index is 1120. The van der Waals surface area contributed by atoms with Crippen molar-refractivity contribution in [1.82, 2.24) is 10.2 Å². The van der Waals surface area contributed by atoms with Crippen LogP contribution in [-0.4, -0.2) is 34.6 Å². The van der Waals surface area contributed by atoms with Gasteiger partial charge in [0, 0.05) is 30.3 Å². The predicted octanol–water partition coefficient (Wildman–Crippen LogP) is 5.76. The topological polar surface area (TPSA) is 49.4 Å². The zero-order chi connectivity index (χ0) is 25.2. The SMILES string of the molecule is O=C(NC1CCCC1)[C@@H](Cc1ccccc1)N(Cc1ccccc1F)C(=O)CSCc1ccccc1. The molecule has 0 radical (unpaired) electrons. The zero-order valence-electron chi connectivity index (χ0n) is 20.4. The molecule has 4 nitrogen and oxygen atoms in total. The number of hydrogen-bond acceptors (Lipinski definition) is 3. The summed E-state index contributed by atoms with van der Waals surface area (Å²) in [6, 6.07) is 25.6. The largest absolute Gasteiger partial charge is 0.352 e. The summed E-state index contributed by atoms with van der Waals surface area (Å²) in [7, 11) is 0. The summed E-state index contributed by atoms with van der Waals surface area (Å²) >= 11 is 1.51. The van der Waals surface area contributed by atoms with Crippen molar-refractivity contribution in [2.24, 2.45) is 0 Å². The van der Waals surface area contributed by atoms with Crippen molar-refractivity contribution in [2.45, 2.75) is 56.5 Å². The van der Waals surface area contributed by atoms with Crippen LogP contribution in [-0.2, 0) is 28.3 Å². The van der Waals surface area contributed by atoms with Gasteiger partial charge >= 0.3 is 0 Å². The molecule has 0 bridgehead atoms. The average Bonchev–Trinajstić information content (AvgIpc) is 3.41. The highest BCUT2D eigenvalue weighted by atomic mass is 32.2. The maximum absolute atomic E-state index is 14.7. The van der Waals surface area contributed by atoms with Crippen LogP contribution < -0.4 is 5.32 Å². The van der Waals surface area contributed by atoms with Crippen LogP contribution in [0.3, 0.4) is 0 Å². The molecule has 6 heteroatoms. The predicted molar refractivity (Wildman–Crippen MR) is 144 cm³/mol. The summed E-state index contributed by atoms with van der Waals surface area (Å²) in [5.74, 6) is 0.204. The van der Waals surface area contributed by atoms with Crippen molar-refractivity contribution in [3.63, 3.8) is 0 Å². The van der Waals surface area contributed by atoms with Gasteiger partial charge in [0.15, 0.2) is 0 Å². The minimum Gasteiger partial charge on any atom is -0.352 e. The smallest absolute Gasteiger partial charge is 0.243 e. The molecule has 1 saturated carbocycles. The second kappa shape index (κ2) is 13.3. The number of halogens is 1. The number of carbonyl (C=O) groups excluding carboxylic acids is 2. The molecular formula is C30H33FN2O2S. The second-order valence-electron chi connectivity index (χ2n) is 9.29. The lowest BCUT2D eigenvalue weighted by molar-refractivity contribution is -0.139. The van der Waals surface area contributed by atoms with Crippen molar-refractivity contribution in [3.05, 3.63) is 107 Å². The van der Waals surface area contributed by atoms with E-state index in [1.807, 2.05) is 60.7 Å². The Morgan fingerprint density at radius 1 is 0.889 bits per heavy atom. The Hall–Kier alpha value is -3.12. The van der Waals surface area contributed by atoms with Crippen molar-refractivity contribution in [1.29, 1.82) is 0 Å². The lowest BCUT2D eigenvalue weighted by atomic mass is 10.0. The quantitative estimate of drug-likeness (QED) is 0.361. The minimum absolute atomic E-state index is 0.0486. The van der Waals surface area contributed by atoms with E-state index < -0.39 is 6.04 Å². The van der Waals surface area contributed by atoms with E-state index in [0.717, 1.165) is 36.8 Å². The summed E-state index contributed by atoms with van der Waals surface area (Å²) < 4.78 is 14.7. The standard InChI is InChI=1S/C30H33FN2O2S/c31-27-18-10-7-15-25(27)20-33(29(34)22-36-21-24-13-5-2-6-14-24)28(19-23-11-3-1-4-12-23)30(35)32-26-16-8-9-17-26/h1-7,10-15,18,26,28H,8-9,16-17,19-22H2,(H,32,35)/t28-/m1/s1. The van der Waals surface area contributed by atoms with Crippen LogP contribution in [0.25, 0.3) is 0 Å². The Morgan fingerprint density at radius 3 is 2.17 bits per heavy atom. The third kappa shape index (κ3) is 7.44. The van der Waals surface area contributed by atoms with Gasteiger partial charge in [-0.3, -0.25) is 9.59 Å². The van der Waals surface area contributed by atoms with E-state index in [9.17, 15) is 14.0 Å². The molecule has 1 atom stereocenters. The van der Waals surface area contributed by atoms with Gasteiger partial charge in [-0.05, 0) is 30.0 Å². The van der Waals surface area contributed by atoms with E-state index in [2.05, 4.69) is 5.32 Å². The van der Waals surface area contributed by atoms with E-state index in [-0.39, 0.29) is 36.0 Å². The van der Waals surface area contributed by atoms with Crippen LogP contribution in [0.4, 0.5) is 4.39 Å². The van der Waals surface area contributed by atoms with E-state index in [4.69, 9.17) is 0 Å². The second-order valence-corrected chi connectivity index (χ2v) is 10.3. The lowest BCUT2D eigenvalue weighted by Crippen LogP contribution is -2.52. The van der Waals surface area contributed by atoms with Gasteiger partial charge in [-0.25, -0.2) is 4.39 Å². The number of hydrogen-bond donors (Lipinski definition) is 1. The first kappa shape index (κ1) is 26.0. The van der Waals surface area contributed by atoms with Gasteiger partial charge in [0.2, 0.25) is 11.8 Å².